The number of nitrogens with zero attached hydrogens (tertiary/aromatic N) is 1. The number of aliphatic hydroxyl groups excluding tert-OH is 1. The van der Waals surface area contributed by atoms with Crippen LogP contribution in [0.15, 0.2) is 5.34 Å². The van der Waals surface area contributed by atoms with Gasteiger partial charge in [-0.1, -0.05) is 0 Å². The molecule has 0 atom stereocenters. The van der Waals surface area contributed by atoms with Crippen LogP contribution in [0, 0.1) is 4.91 Å². The molecular weight excluding hydrogens is 114 g/mol. The SMILES string of the molecule is O=NOC(=O)CCO. The van der Waals surface area contributed by atoms with Gasteiger partial charge in [-0.3, -0.25) is 4.84 Å². The molecule has 5 heteroatoms. The minimum Gasteiger partial charge on any atom is -0.396 e. The first kappa shape index (κ1) is 7.03. The highest BCUT2D eigenvalue weighted by molar-refractivity contribution is 5.69. The van der Waals surface area contributed by atoms with Crippen molar-refractivity contribution < 1.29 is 14.7 Å². The Morgan fingerprint density at radius 2 is 2.38 bits per heavy atom. The van der Waals surface area contributed by atoms with Gasteiger partial charge >= 0.3 is 5.97 Å². The van der Waals surface area contributed by atoms with Crippen molar-refractivity contribution in [2.45, 2.75) is 6.42 Å². The standard InChI is InChI=1S/C3H5NO4/c5-2-1-3(6)8-4-7/h5H,1-2H2. The number of carbonyl (C=O) groups excluding carboxylic acids is 1. The summed E-state index contributed by atoms with van der Waals surface area (Å²) in [6.45, 7) is -0.325. The summed E-state index contributed by atoms with van der Waals surface area (Å²) in [4.78, 5) is 22.6. The first-order valence-electron chi connectivity index (χ1n) is 1.94. The molecular formula is C3H5NO4. The Morgan fingerprint density at radius 3 is 2.75 bits per heavy atom. The fraction of sp³-hybridized carbons (Fsp3) is 0.667. The molecule has 0 spiro atoms. The molecule has 0 aromatic rings. The molecule has 0 aliphatic carbocycles. The van der Waals surface area contributed by atoms with Crippen molar-refractivity contribution in [3.63, 3.8) is 0 Å². The van der Waals surface area contributed by atoms with E-state index in [0.717, 1.165) is 0 Å². The molecule has 5 nitrogen and oxygen atoms in total. The van der Waals surface area contributed by atoms with E-state index in [2.05, 4.69) is 4.84 Å². The maximum Gasteiger partial charge on any atom is 0.340 e. The van der Waals surface area contributed by atoms with Crippen molar-refractivity contribution in [3.05, 3.63) is 4.91 Å². The predicted molar refractivity (Wildman–Crippen MR) is 23.6 cm³/mol. The van der Waals surface area contributed by atoms with Crippen molar-refractivity contribution in [1.29, 1.82) is 0 Å². The van der Waals surface area contributed by atoms with Gasteiger partial charge < -0.3 is 5.11 Å². The van der Waals surface area contributed by atoms with Crippen LogP contribution in [0.1, 0.15) is 6.42 Å². The topological polar surface area (TPSA) is 76.0 Å². The Labute approximate surface area is 45.2 Å². The van der Waals surface area contributed by atoms with Crippen molar-refractivity contribution in [2.24, 2.45) is 5.34 Å². The molecule has 0 aromatic carbocycles. The Kier molecular flexibility index (Phi) is 3.69. The van der Waals surface area contributed by atoms with E-state index in [-0.39, 0.29) is 13.0 Å². The zero-order chi connectivity index (χ0) is 6.41. The van der Waals surface area contributed by atoms with Crippen LogP contribution in [0.5, 0.6) is 0 Å². The zero-order valence-corrected chi connectivity index (χ0v) is 4.03. The molecule has 0 radical (unpaired) electrons. The maximum atomic E-state index is 9.97. The minimum absolute atomic E-state index is 0.189. The second-order valence-electron chi connectivity index (χ2n) is 1.01. The summed E-state index contributed by atoms with van der Waals surface area (Å²) in [6.07, 6.45) is -0.189. The number of aliphatic hydroxyl groups is 1. The van der Waals surface area contributed by atoms with E-state index in [1.54, 1.807) is 0 Å². The van der Waals surface area contributed by atoms with E-state index in [1.807, 2.05) is 5.34 Å². The summed E-state index contributed by atoms with van der Waals surface area (Å²) in [7, 11) is 0. The molecule has 0 fully saturated rings. The molecule has 0 unspecified atom stereocenters. The first-order chi connectivity index (χ1) is 3.81. The average molecular weight is 119 g/mol. The Balaban J connectivity index is 3.18. The summed E-state index contributed by atoms with van der Waals surface area (Å²) < 4.78 is 0. The summed E-state index contributed by atoms with van der Waals surface area (Å²) in [5, 5.41) is 9.86. The third-order valence-electron chi connectivity index (χ3n) is 0.455. The van der Waals surface area contributed by atoms with E-state index in [1.165, 1.54) is 0 Å². The third kappa shape index (κ3) is 3.23. The monoisotopic (exact) mass is 119 g/mol. The molecule has 0 bridgehead atoms. The highest BCUT2D eigenvalue weighted by atomic mass is 16.7. The van der Waals surface area contributed by atoms with Crippen LogP contribution in [-0.4, -0.2) is 17.7 Å². The lowest BCUT2D eigenvalue weighted by atomic mass is 10.5. The molecule has 0 saturated carbocycles. The normalized spacial score (nSPS) is 8.12. The second kappa shape index (κ2) is 4.20. The van der Waals surface area contributed by atoms with Crippen LogP contribution in [0.4, 0.5) is 0 Å². The molecule has 0 heterocycles. The molecule has 46 valence electrons. The van der Waals surface area contributed by atoms with Crippen LogP contribution >= 0.6 is 0 Å². The van der Waals surface area contributed by atoms with Crippen molar-refractivity contribution in [2.75, 3.05) is 6.61 Å². The van der Waals surface area contributed by atoms with Crippen LogP contribution in [0.25, 0.3) is 0 Å². The molecule has 1 N–H and O–H groups in total. The van der Waals surface area contributed by atoms with E-state index in [4.69, 9.17) is 10.0 Å². The third-order valence-corrected chi connectivity index (χ3v) is 0.455. The lowest BCUT2D eigenvalue weighted by Gasteiger charge is -1.86. The fourth-order valence-electron chi connectivity index (χ4n) is 0.178. The van der Waals surface area contributed by atoms with E-state index in [9.17, 15) is 4.79 Å². The predicted octanol–water partition coefficient (Wildman–Crippen LogP) is -0.407. The summed E-state index contributed by atoms with van der Waals surface area (Å²) >= 11 is 0. The van der Waals surface area contributed by atoms with Gasteiger partial charge in [-0.2, -0.15) is 0 Å². The van der Waals surface area contributed by atoms with Gasteiger partial charge in [-0.15, -0.1) is 4.91 Å². The van der Waals surface area contributed by atoms with Gasteiger partial charge in [0, 0.05) is 0 Å². The van der Waals surface area contributed by atoms with Gasteiger partial charge in [-0.05, 0) is 0 Å². The maximum absolute atomic E-state index is 9.97. The number of rotatable bonds is 3. The quantitative estimate of drug-likeness (QED) is 0.405. The Bertz CT molecular complexity index is 91.3. The fourth-order valence-corrected chi connectivity index (χ4v) is 0.178. The van der Waals surface area contributed by atoms with Crippen LogP contribution < -0.4 is 0 Å². The van der Waals surface area contributed by atoms with Gasteiger partial charge in [-0.25, -0.2) is 4.79 Å². The molecule has 0 amide bonds. The van der Waals surface area contributed by atoms with Gasteiger partial charge in [0.1, 0.15) is 0 Å². The number of carbonyl (C=O) groups is 1. The van der Waals surface area contributed by atoms with Crippen molar-refractivity contribution >= 4 is 5.97 Å². The largest absolute Gasteiger partial charge is 0.396 e. The van der Waals surface area contributed by atoms with Crippen molar-refractivity contribution in [1.82, 2.24) is 0 Å². The average Bonchev–Trinajstić information content (AvgIpc) is 1.68. The summed E-state index contributed by atoms with van der Waals surface area (Å²) in [6, 6.07) is 0. The molecule has 0 rings (SSSR count). The van der Waals surface area contributed by atoms with Crippen LogP contribution in [-0.2, 0) is 9.63 Å². The van der Waals surface area contributed by atoms with E-state index < -0.39 is 5.97 Å². The van der Waals surface area contributed by atoms with Gasteiger partial charge in [0.2, 0.25) is 0 Å². The summed E-state index contributed by atoms with van der Waals surface area (Å²) in [5.74, 6) is -0.817. The highest BCUT2D eigenvalue weighted by Crippen LogP contribution is 1.82. The second-order valence-corrected chi connectivity index (χ2v) is 1.01. The molecule has 0 saturated heterocycles. The minimum atomic E-state index is -0.817. The number of hydrogen-bond acceptors (Lipinski definition) is 5. The molecule has 0 aliphatic rings. The van der Waals surface area contributed by atoms with Crippen LogP contribution in [0.2, 0.25) is 0 Å². The van der Waals surface area contributed by atoms with Gasteiger partial charge in [0.05, 0.1) is 13.0 Å². The lowest BCUT2D eigenvalue weighted by molar-refractivity contribution is -0.144. The Hall–Kier alpha value is -0.970. The van der Waals surface area contributed by atoms with E-state index in [0.29, 0.717) is 0 Å². The Morgan fingerprint density at radius 1 is 1.75 bits per heavy atom. The molecule has 8 heavy (non-hydrogen) atoms. The van der Waals surface area contributed by atoms with E-state index >= 15 is 0 Å². The number of hydrogen-bond donors (Lipinski definition) is 1. The van der Waals surface area contributed by atoms with Crippen molar-refractivity contribution in [3.8, 4) is 0 Å². The first-order valence-corrected chi connectivity index (χ1v) is 1.94. The zero-order valence-electron chi connectivity index (χ0n) is 4.03. The highest BCUT2D eigenvalue weighted by Gasteiger charge is 1.98. The van der Waals surface area contributed by atoms with Gasteiger partial charge in [0.15, 0.2) is 5.34 Å². The van der Waals surface area contributed by atoms with Crippen LogP contribution in [0.3, 0.4) is 0 Å². The smallest absolute Gasteiger partial charge is 0.340 e. The molecule has 0 aromatic heterocycles. The van der Waals surface area contributed by atoms with Gasteiger partial charge in [0.25, 0.3) is 0 Å². The summed E-state index contributed by atoms with van der Waals surface area (Å²) in [5.41, 5.74) is 0. The lowest BCUT2D eigenvalue weighted by Crippen LogP contribution is -2.00. The molecule has 0 aliphatic heterocycles.